The molecule has 2 aromatic rings. The number of fused-ring (bicyclic) bond motifs is 1. The van der Waals surface area contributed by atoms with Crippen molar-refractivity contribution in [2.45, 2.75) is 55.3 Å². The molecule has 2 bridgehead atoms. The summed E-state index contributed by atoms with van der Waals surface area (Å²) in [6.07, 6.45) is 1.44. The summed E-state index contributed by atoms with van der Waals surface area (Å²) in [5.41, 5.74) is 1.59. The van der Waals surface area contributed by atoms with Gasteiger partial charge in [-0.25, -0.2) is 0 Å². The van der Waals surface area contributed by atoms with Gasteiger partial charge in [0.2, 0.25) is 17.7 Å². The molecule has 3 heterocycles. The van der Waals surface area contributed by atoms with Crippen LogP contribution in [0.1, 0.15) is 32.3 Å². The van der Waals surface area contributed by atoms with Crippen LogP contribution in [0.2, 0.25) is 0 Å². The standard InChI is InChI=1S/C29H35N3O5S/c1-17(2)21(16-33)32-25(27(35)31-19-9-11-20(37-3)12-10-19)29-14-13-22(38-29)23(24(29)28(32)36)26(34)30-15-18-7-5-4-6-8-18/h4-12,17,21-25,33H,13-16H2,1-3H3,(H,30,34)(H,31,35)/t21-,22-,23+,24-,25?,29?/m0/s1. The third-order valence-corrected chi connectivity index (χ3v) is 10.2. The molecule has 3 amide bonds. The Hall–Kier alpha value is -3.04. The van der Waals surface area contributed by atoms with E-state index in [0.29, 0.717) is 24.4 Å². The van der Waals surface area contributed by atoms with E-state index in [2.05, 4.69) is 10.6 Å². The van der Waals surface area contributed by atoms with Crippen molar-refractivity contribution in [3.63, 3.8) is 0 Å². The molecule has 9 heteroatoms. The van der Waals surface area contributed by atoms with E-state index >= 15 is 0 Å². The minimum absolute atomic E-state index is 0.0233. The predicted octanol–water partition coefficient (Wildman–Crippen LogP) is 3.06. The number of carbonyl (C=O) groups is 3. The number of rotatable bonds is 9. The Morgan fingerprint density at radius 3 is 2.47 bits per heavy atom. The lowest BCUT2D eigenvalue weighted by Crippen LogP contribution is -2.56. The van der Waals surface area contributed by atoms with Crippen molar-refractivity contribution in [2.24, 2.45) is 17.8 Å². The van der Waals surface area contributed by atoms with Crippen LogP contribution < -0.4 is 15.4 Å². The van der Waals surface area contributed by atoms with Crippen molar-refractivity contribution in [3.8, 4) is 5.75 Å². The van der Waals surface area contributed by atoms with Gasteiger partial charge in [-0.2, -0.15) is 0 Å². The van der Waals surface area contributed by atoms with Crippen LogP contribution in [0.5, 0.6) is 5.75 Å². The average Bonchev–Trinajstić information content (AvgIpc) is 3.56. The number of carbonyl (C=O) groups excluding carboxylic acids is 3. The minimum Gasteiger partial charge on any atom is -0.497 e. The van der Waals surface area contributed by atoms with E-state index in [0.717, 1.165) is 12.0 Å². The molecule has 0 aromatic heterocycles. The van der Waals surface area contributed by atoms with E-state index in [-0.39, 0.29) is 35.5 Å². The molecule has 1 spiro atoms. The van der Waals surface area contributed by atoms with Gasteiger partial charge in [0.1, 0.15) is 11.8 Å². The van der Waals surface area contributed by atoms with E-state index in [1.54, 1.807) is 48.0 Å². The molecule has 3 saturated heterocycles. The van der Waals surface area contributed by atoms with Gasteiger partial charge in [-0.3, -0.25) is 14.4 Å². The van der Waals surface area contributed by atoms with Crippen molar-refractivity contribution in [2.75, 3.05) is 19.0 Å². The minimum atomic E-state index is -0.788. The van der Waals surface area contributed by atoms with E-state index < -0.39 is 28.7 Å². The number of amides is 3. The first kappa shape index (κ1) is 26.6. The maximum Gasteiger partial charge on any atom is 0.248 e. The molecule has 0 aliphatic carbocycles. The SMILES string of the molecule is COc1ccc(NC(=O)C2N([C@@H](CO)C(C)C)C(=O)[C@@H]3[C@H](C(=O)NCc4ccccc4)[C@@H]4CCC23S4)cc1. The van der Waals surface area contributed by atoms with Crippen LogP contribution in [0, 0.1) is 17.8 Å². The summed E-state index contributed by atoms with van der Waals surface area (Å²) in [4.78, 5) is 43.2. The molecular weight excluding hydrogens is 502 g/mol. The van der Waals surface area contributed by atoms with Gasteiger partial charge in [0.05, 0.1) is 36.3 Å². The van der Waals surface area contributed by atoms with Gasteiger partial charge < -0.3 is 25.4 Å². The Kier molecular flexibility index (Phi) is 7.42. The summed E-state index contributed by atoms with van der Waals surface area (Å²) >= 11 is 1.62. The van der Waals surface area contributed by atoms with Gasteiger partial charge in [0.15, 0.2) is 0 Å². The first-order valence-corrected chi connectivity index (χ1v) is 14.1. The quantitative estimate of drug-likeness (QED) is 0.454. The summed E-state index contributed by atoms with van der Waals surface area (Å²) in [6.45, 7) is 4.01. The fraction of sp³-hybridized carbons (Fsp3) is 0.483. The number of methoxy groups -OCH3 is 1. The third-order valence-electron chi connectivity index (χ3n) is 8.27. The van der Waals surface area contributed by atoms with Crippen LogP contribution in [0.25, 0.3) is 0 Å². The maximum atomic E-state index is 14.1. The van der Waals surface area contributed by atoms with Crippen molar-refractivity contribution in [1.29, 1.82) is 0 Å². The highest BCUT2D eigenvalue weighted by atomic mass is 32.2. The van der Waals surface area contributed by atoms with Crippen molar-refractivity contribution in [1.82, 2.24) is 10.2 Å². The maximum absolute atomic E-state index is 14.1. The normalized spacial score (nSPS) is 28.3. The zero-order valence-electron chi connectivity index (χ0n) is 21.9. The molecule has 202 valence electrons. The predicted molar refractivity (Wildman–Crippen MR) is 147 cm³/mol. The summed E-state index contributed by atoms with van der Waals surface area (Å²) in [5.74, 6) is -1.16. The monoisotopic (exact) mass is 537 g/mol. The van der Waals surface area contributed by atoms with Gasteiger partial charge in [0, 0.05) is 17.5 Å². The lowest BCUT2D eigenvalue weighted by atomic mass is 9.70. The van der Waals surface area contributed by atoms with Crippen molar-refractivity contribution >= 4 is 35.2 Å². The number of benzene rings is 2. The molecule has 6 atom stereocenters. The Bertz CT molecular complexity index is 1190. The fourth-order valence-electron chi connectivity index (χ4n) is 6.46. The summed E-state index contributed by atoms with van der Waals surface area (Å²) < 4.78 is 4.51. The Labute approximate surface area is 227 Å². The first-order valence-electron chi connectivity index (χ1n) is 13.2. The van der Waals surface area contributed by atoms with Crippen LogP contribution >= 0.6 is 11.8 Å². The number of nitrogens with zero attached hydrogens (tertiary/aromatic N) is 1. The van der Waals surface area contributed by atoms with Gasteiger partial charge in [-0.15, -0.1) is 11.8 Å². The van der Waals surface area contributed by atoms with Gasteiger partial charge in [-0.1, -0.05) is 44.2 Å². The zero-order valence-corrected chi connectivity index (χ0v) is 22.7. The fourth-order valence-corrected chi connectivity index (χ4v) is 8.66. The number of nitrogens with one attached hydrogen (secondary N) is 2. The lowest BCUT2D eigenvalue weighted by molar-refractivity contribution is -0.143. The van der Waals surface area contributed by atoms with Gasteiger partial charge in [-0.05, 0) is 48.6 Å². The Morgan fingerprint density at radius 2 is 1.84 bits per heavy atom. The van der Waals surface area contributed by atoms with Crippen molar-refractivity contribution in [3.05, 3.63) is 60.2 Å². The van der Waals surface area contributed by atoms with Crippen LogP contribution in [0.4, 0.5) is 5.69 Å². The molecule has 3 N–H and O–H groups in total. The Morgan fingerprint density at radius 1 is 1.13 bits per heavy atom. The first-order chi connectivity index (χ1) is 18.3. The molecule has 3 aliphatic rings. The van der Waals surface area contributed by atoms with E-state index in [4.69, 9.17) is 4.74 Å². The second kappa shape index (κ2) is 10.6. The molecule has 8 nitrogen and oxygen atoms in total. The third kappa shape index (κ3) is 4.45. The van der Waals surface area contributed by atoms with Crippen LogP contribution in [-0.4, -0.2) is 63.5 Å². The summed E-state index contributed by atoms with van der Waals surface area (Å²) in [6, 6.07) is 15.4. The highest BCUT2D eigenvalue weighted by Gasteiger charge is 2.74. The van der Waals surface area contributed by atoms with Crippen molar-refractivity contribution < 1.29 is 24.2 Å². The number of anilines is 1. The molecule has 0 saturated carbocycles. The number of hydrogen-bond donors (Lipinski definition) is 3. The van der Waals surface area contributed by atoms with Gasteiger partial charge >= 0.3 is 0 Å². The smallest absolute Gasteiger partial charge is 0.248 e. The molecule has 38 heavy (non-hydrogen) atoms. The lowest BCUT2D eigenvalue weighted by Gasteiger charge is -2.38. The number of ether oxygens (including phenoxy) is 1. The number of likely N-dealkylation sites (tertiary alicyclic amines) is 1. The molecule has 0 radical (unpaired) electrons. The second-order valence-electron chi connectivity index (χ2n) is 10.7. The van der Waals surface area contributed by atoms with E-state index in [9.17, 15) is 19.5 Å². The zero-order chi connectivity index (χ0) is 27.0. The summed E-state index contributed by atoms with van der Waals surface area (Å²) in [7, 11) is 1.58. The van der Waals surface area contributed by atoms with Crippen LogP contribution in [0.15, 0.2) is 54.6 Å². The molecule has 3 fully saturated rings. The average molecular weight is 538 g/mol. The van der Waals surface area contributed by atoms with Crippen LogP contribution in [-0.2, 0) is 20.9 Å². The molecule has 5 rings (SSSR count). The largest absolute Gasteiger partial charge is 0.497 e. The number of hydrogen-bond acceptors (Lipinski definition) is 6. The number of aliphatic hydroxyl groups excluding tert-OH is 1. The van der Waals surface area contributed by atoms with E-state index in [1.165, 1.54) is 0 Å². The van der Waals surface area contributed by atoms with E-state index in [1.807, 2.05) is 44.2 Å². The molecule has 2 unspecified atom stereocenters. The molecule has 3 aliphatic heterocycles. The highest BCUT2D eigenvalue weighted by Crippen LogP contribution is 2.66. The molecular formula is C29H35N3O5S. The highest BCUT2D eigenvalue weighted by molar-refractivity contribution is 8.02. The number of thioether (sulfide) groups is 1. The molecule has 2 aromatic carbocycles. The number of aliphatic hydroxyl groups is 1. The summed E-state index contributed by atoms with van der Waals surface area (Å²) in [5, 5.41) is 16.3. The van der Waals surface area contributed by atoms with Crippen LogP contribution in [0.3, 0.4) is 0 Å². The topological polar surface area (TPSA) is 108 Å². The second-order valence-corrected chi connectivity index (χ2v) is 12.3. The van der Waals surface area contributed by atoms with Gasteiger partial charge in [0.25, 0.3) is 0 Å². The Balaban J connectivity index is 1.45.